The van der Waals surface area contributed by atoms with Gasteiger partial charge >= 0.3 is 11.9 Å². The van der Waals surface area contributed by atoms with Gasteiger partial charge in [-0.2, -0.15) is 0 Å². The Morgan fingerprint density at radius 3 is 2.10 bits per heavy atom. The van der Waals surface area contributed by atoms with Gasteiger partial charge in [0.2, 0.25) is 5.54 Å². The molecule has 0 amide bonds. The van der Waals surface area contributed by atoms with E-state index >= 15 is 0 Å². The quantitative estimate of drug-likeness (QED) is 0.643. The van der Waals surface area contributed by atoms with Crippen LogP contribution in [0.4, 0.5) is 0 Å². The van der Waals surface area contributed by atoms with Gasteiger partial charge in [0.25, 0.3) is 0 Å². The third kappa shape index (κ3) is 3.61. The van der Waals surface area contributed by atoms with Crippen molar-refractivity contribution >= 4 is 11.9 Å². The molecule has 2 N–H and O–H groups in total. The van der Waals surface area contributed by atoms with Gasteiger partial charge in [0, 0.05) is 5.92 Å². The summed E-state index contributed by atoms with van der Waals surface area (Å²) in [6.45, 7) is 6.82. The molecular formula is C16H23NO4. The second kappa shape index (κ2) is 6.26. The van der Waals surface area contributed by atoms with E-state index in [0.29, 0.717) is 0 Å². The normalized spacial score (nSPS) is 15.9. The molecule has 116 valence electrons. The van der Waals surface area contributed by atoms with Crippen molar-refractivity contribution in [2.24, 2.45) is 0 Å². The molecule has 0 saturated carbocycles. The summed E-state index contributed by atoms with van der Waals surface area (Å²) < 4.78 is 5.32. The van der Waals surface area contributed by atoms with Crippen LogP contribution in [0.25, 0.3) is 0 Å². The van der Waals surface area contributed by atoms with E-state index in [2.05, 4.69) is 5.32 Å². The highest BCUT2D eigenvalue weighted by molar-refractivity contribution is 6.05. The molecule has 0 radical (unpaired) electrons. The van der Waals surface area contributed by atoms with Gasteiger partial charge in [-0.05, 0) is 33.4 Å². The number of likely N-dealkylation sites (N-methyl/N-ethyl adjacent to an activating group) is 1. The minimum Gasteiger partial charge on any atom is -0.479 e. The molecule has 0 bridgehead atoms. The second-order valence-electron chi connectivity index (χ2n) is 6.00. The average molecular weight is 293 g/mol. The molecule has 1 rings (SSSR count). The Hall–Kier alpha value is -1.88. The number of hydrogen-bond acceptors (Lipinski definition) is 4. The average Bonchev–Trinajstić information content (AvgIpc) is 2.38. The van der Waals surface area contributed by atoms with Crippen LogP contribution in [0.2, 0.25) is 0 Å². The molecule has 0 spiro atoms. The standard InChI is InChI=1S/C16H23NO4/c1-11(12-9-7-6-8-10-12)16(17-5,13(18)19)14(20)21-15(2,3)4/h6-11,17H,1-5H3,(H,18,19)/t11-,16-/m1/s1. The number of rotatable bonds is 5. The second-order valence-corrected chi connectivity index (χ2v) is 6.00. The fraction of sp³-hybridized carbons (Fsp3) is 0.500. The first kappa shape index (κ1) is 17.2. The molecule has 1 aromatic carbocycles. The maximum Gasteiger partial charge on any atom is 0.339 e. The summed E-state index contributed by atoms with van der Waals surface area (Å²) in [4.78, 5) is 24.3. The maximum absolute atomic E-state index is 12.5. The zero-order chi connectivity index (χ0) is 16.3. The number of carbonyl (C=O) groups is 2. The van der Waals surface area contributed by atoms with Gasteiger partial charge in [0.1, 0.15) is 5.60 Å². The van der Waals surface area contributed by atoms with Crippen molar-refractivity contribution in [3.05, 3.63) is 35.9 Å². The van der Waals surface area contributed by atoms with E-state index < -0.39 is 29.0 Å². The Morgan fingerprint density at radius 2 is 1.71 bits per heavy atom. The number of hydrogen-bond donors (Lipinski definition) is 2. The van der Waals surface area contributed by atoms with Gasteiger partial charge in [-0.25, -0.2) is 9.59 Å². The number of aliphatic carboxylic acids is 1. The van der Waals surface area contributed by atoms with Crippen molar-refractivity contribution in [3.63, 3.8) is 0 Å². The molecular weight excluding hydrogens is 270 g/mol. The summed E-state index contributed by atoms with van der Waals surface area (Å²) >= 11 is 0. The Morgan fingerprint density at radius 1 is 1.19 bits per heavy atom. The van der Waals surface area contributed by atoms with Gasteiger partial charge in [-0.3, -0.25) is 5.32 Å². The fourth-order valence-corrected chi connectivity index (χ4v) is 2.23. The number of carboxylic acids is 1. The summed E-state index contributed by atoms with van der Waals surface area (Å²) in [5, 5.41) is 12.3. The van der Waals surface area contributed by atoms with Gasteiger partial charge in [-0.15, -0.1) is 0 Å². The third-order valence-electron chi connectivity index (χ3n) is 3.40. The lowest BCUT2D eigenvalue weighted by Crippen LogP contribution is -2.61. The van der Waals surface area contributed by atoms with Crippen molar-refractivity contribution in [2.45, 2.75) is 44.8 Å². The van der Waals surface area contributed by atoms with Crippen LogP contribution in [0.1, 0.15) is 39.2 Å². The highest BCUT2D eigenvalue weighted by Gasteiger charge is 2.52. The highest BCUT2D eigenvalue weighted by atomic mass is 16.6. The summed E-state index contributed by atoms with van der Waals surface area (Å²) in [5.41, 5.74) is -1.83. The summed E-state index contributed by atoms with van der Waals surface area (Å²) in [6, 6.07) is 9.05. The van der Waals surface area contributed by atoms with Gasteiger partial charge < -0.3 is 9.84 Å². The van der Waals surface area contributed by atoms with E-state index in [1.807, 2.05) is 18.2 Å². The largest absolute Gasteiger partial charge is 0.479 e. The van der Waals surface area contributed by atoms with Crippen molar-refractivity contribution in [1.82, 2.24) is 5.32 Å². The van der Waals surface area contributed by atoms with E-state index in [9.17, 15) is 14.7 Å². The number of carboxylic acid groups (broad SMARTS) is 1. The molecule has 0 aliphatic rings. The number of carbonyl (C=O) groups excluding carboxylic acids is 1. The van der Waals surface area contributed by atoms with Crippen LogP contribution >= 0.6 is 0 Å². The zero-order valence-electron chi connectivity index (χ0n) is 13.1. The van der Waals surface area contributed by atoms with Crippen molar-refractivity contribution in [3.8, 4) is 0 Å². The molecule has 5 heteroatoms. The van der Waals surface area contributed by atoms with Crippen molar-refractivity contribution in [2.75, 3.05) is 7.05 Å². The number of esters is 1. The fourth-order valence-electron chi connectivity index (χ4n) is 2.23. The van der Waals surface area contributed by atoms with Gasteiger partial charge in [0.15, 0.2) is 0 Å². The number of benzene rings is 1. The van der Waals surface area contributed by atoms with Crippen molar-refractivity contribution in [1.29, 1.82) is 0 Å². The van der Waals surface area contributed by atoms with E-state index in [0.717, 1.165) is 5.56 Å². The first-order valence-electron chi connectivity index (χ1n) is 6.86. The molecule has 2 atom stereocenters. The summed E-state index contributed by atoms with van der Waals surface area (Å²) in [6.07, 6.45) is 0. The molecule has 0 heterocycles. The van der Waals surface area contributed by atoms with E-state index in [4.69, 9.17) is 4.74 Å². The minimum absolute atomic E-state index is 0.587. The van der Waals surface area contributed by atoms with Crippen LogP contribution in [0, 0.1) is 0 Å². The Bertz CT molecular complexity index is 507. The van der Waals surface area contributed by atoms with Crippen LogP contribution in [-0.2, 0) is 14.3 Å². The zero-order valence-corrected chi connectivity index (χ0v) is 13.1. The van der Waals surface area contributed by atoms with E-state index in [1.54, 1.807) is 39.8 Å². The van der Waals surface area contributed by atoms with Gasteiger partial charge in [0.05, 0.1) is 0 Å². The van der Waals surface area contributed by atoms with Crippen LogP contribution < -0.4 is 5.32 Å². The van der Waals surface area contributed by atoms with Crippen LogP contribution in [0.3, 0.4) is 0 Å². The third-order valence-corrected chi connectivity index (χ3v) is 3.40. The topological polar surface area (TPSA) is 75.6 Å². The lowest BCUT2D eigenvalue weighted by atomic mass is 9.80. The Labute approximate surface area is 125 Å². The van der Waals surface area contributed by atoms with Crippen LogP contribution in [0.5, 0.6) is 0 Å². The van der Waals surface area contributed by atoms with Crippen LogP contribution in [-0.4, -0.2) is 35.2 Å². The lowest BCUT2D eigenvalue weighted by Gasteiger charge is -2.35. The van der Waals surface area contributed by atoms with Gasteiger partial charge in [-0.1, -0.05) is 37.3 Å². The predicted molar refractivity (Wildman–Crippen MR) is 80.1 cm³/mol. The first-order chi connectivity index (χ1) is 9.65. The summed E-state index contributed by atoms with van der Waals surface area (Å²) in [7, 11) is 1.46. The molecule has 21 heavy (non-hydrogen) atoms. The highest BCUT2D eigenvalue weighted by Crippen LogP contribution is 2.31. The molecule has 0 aliphatic carbocycles. The molecule has 0 saturated heterocycles. The molecule has 0 aromatic heterocycles. The lowest BCUT2D eigenvalue weighted by molar-refractivity contribution is -0.172. The predicted octanol–water partition coefficient (Wildman–Crippen LogP) is 2.17. The van der Waals surface area contributed by atoms with E-state index in [1.165, 1.54) is 7.05 Å². The first-order valence-corrected chi connectivity index (χ1v) is 6.86. The summed E-state index contributed by atoms with van der Waals surface area (Å²) in [5.74, 6) is -2.63. The monoisotopic (exact) mass is 293 g/mol. The van der Waals surface area contributed by atoms with Crippen molar-refractivity contribution < 1.29 is 19.4 Å². The van der Waals surface area contributed by atoms with E-state index in [-0.39, 0.29) is 0 Å². The molecule has 0 unspecified atom stereocenters. The van der Waals surface area contributed by atoms with Crippen LogP contribution in [0.15, 0.2) is 30.3 Å². The number of ether oxygens (including phenoxy) is 1. The molecule has 0 fully saturated rings. The molecule has 0 aliphatic heterocycles. The molecule has 1 aromatic rings. The Balaban J connectivity index is 3.27. The SMILES string of the molecule is CN[C@](C(=O)O)(C(=O)OC(C)(C)C)[C@H](C)c1ccccc1. The minimum atomic E-state index is -1.82. The maximum atomic E-state index is 12.5. The molecule has 5 nitrogen and oxygen atoms in total. The Kier molecular flexibility index (Phi) is 5.12. The smallest absolute Gasteiger partial charge is 0.339 e. The number of nitrogens with one attached hydrogen (secondary N) is 1.